The molecule has 0 bridgehead atoms. The molecule has 0 aliphatic heterocycles. The Labute approximate surface area is 95.4 Å². The Kier molecular flexibility index (Phi) is 4.13. The van der Waals surface area contributed by atoms with Gasteiger partial charge in [-0.05, 0) is 22.0 Å². The van der Waals surface area contributed by atoms with Crippen molar-refractivity contribution in [1.29, 1.82) is 0 Å². The summed E-state index contributed by atoms with van der Waals surface area (Å²) < 4.78 is 5.73. The number of carboxylic acids is 1. The molecule has 0 saturated heterocycles. The van der Waals surface area contributed by atoms with Crippen LogP contribution in [0.25, 0.3) is 0 Å². The van der Waals surface area contributed by atoms with Crippen molar-refractivity contribution in [3.05, 3.63) is 22.3 Å². The highest BCUT2D eigenvalue weighted by Crippen LogP contribution is 2.19. The summed E-state index contributed by atoms with van der Waals surface area (Å²) >= 11 is 3.13. The van der Waals surface area contributed by atoms with E-state index in [0.29, 0.717) is 10.9 Å². The zero-order valence-electron chi connectivity index (χ0n) is 7.74. The molecular formula is C10H8BrNO3. The van der Waals surface area contributed by atoms with E-state index in [2.05, 4.69) is 26.8 Å². The van der Waals surface area contributed by atoms with E-state index in [-0.39, 0.29) is 18.1 Å². The fraction of sp³-hybridized carbons (Fsp3) is 0.200. The van der Waals surface area contributed by atoms with Gasteiger partial charge in [-0.3, -0.25) is 0 Å². The van der Waals surface area contributed by atoms with E-state index in [4.69, 9.17) is 16.3 Å². The number of carbonyl (C=O) groups is 1. The summed E-state index contributed by atoms with van der Waals surface area (Å²) in [6.45, 7) is 0.255. The summed E-state index contributed by atoms with van der Waals surface area (Å²) in [4.78, 5) is 14.7. The molecular weight excluding hydrogens is 262 g/mol. The Balaban J connectivity index is 2.87. The van der Waals surface area contributed by atoms with Crippen molar-refractivity contribution < 1.29 is 14.6 Å². The number of carboxylic acid groups (broad SMARTS) is 1. The lowest BCUT2D eigenvalue weighted by Crippen LogP contribution is -2.06. The first-order chi connectivity index (χ1) is 7.15. The number of aromatic nitrogens is 1. The molecule has 5 heteroatoms. The van der Waals surface area contributed by atoms with Gasteiger partial charge in [0.15, 0.2) is 0 Å². The van der Waals surface area contributed by atoms with Gasteiger partial charge in [0.2, 0.25) is 5.88 Å². The van der Waals surface area contributed by atoms with Gasteiger partial charge in [-0.2, -0.15) is 0 Å². The van der Waals surface area contributed by atoms with Gasteiger partial charge in [-0.25, -0.2) is 9.78 Å². The van der Waals surface area contributed by atoms with Gasteiger partial charge in [0.1, 0.15) is 12.2 Å². The number of terminal acetylenes is 1. The van der Waals surface area contributed by atoms with Crippen LogP contribution in [-0.4, -0.2) is 22.7 Å². The topological polar surface area (TPSA) is 59.4 Å². The van der Waals surface area contributed by atoms with E-state index in [1.807, 2.05) is 0 Å². The highest BCUT2D eigenvalue weighted by molar-refractivity contribution is 9.10. The zero-order chi connectivity index (χ0) is 11.3. The van der Waals surface area contributed by atoms with Crippen LogP contribution in [0.2, 0.25) is 0 Å². The first-order valence-electron chi connectivity index (χ1n) is 4.10. The van der Waals surface area contributed by atoms with Crippen LogP contribution in [0.5, 0.6) is 5.88 Å². The SMILES string of the molecule is C#CCCOc1ncc(Br)cc1C(=O)O. The number of aromatic carboxylic acids is 1. The van der Waals surface area contributed by atoms with Crippen molar-refractivity contribution in [3.63, 3.8) is 0 Å². The highest BCUT2D eigenvalue weighted by Gasteiger charge is 2.13. The lowest BCUT2D eigenvalue weighted by atomic mass is 10.3. The molecule has 0 aliphatic carbocycles. The molecule has 1 aromatic heterocycles. The van der Waals surface area contributed by atoms with Crippen LogP contribution in [0.4, 0.5) is 0 Å². The van der Waals surface area contributed by atoms with E-state index >= 15 is 0 Å². The van der Waals surface area contributed by atoms with Crippen LogP contribution in [0.15, 0.2) is 16.7 Å². The number of hydrogen-bond acceptors (Lipinski definition) is 3. The summed E-state index contributed by atoms with van der Waals surface area (Å²) in [5, 5.41) is 8.87. The second kappa shape index (κ2) is 5.37. The third kappa shape index (κ3) is 3.26. The van der Waals surface area contributed by atoms with E-state index in [1.54, 1.807) is 0 Å². The van der Waals surface area contributed by atoms with Gasteiger partial charge in [-0.15, -0.1) is 12.3 Å². The van der Waals surface area contributed by atoms with E-state index < -0.39 is 5.97 Å². The summed E-state index contributed by atoms with van der Waals surface area (Å²) in [6.07, 6.45) is 6.92. The number of ether oxygens (including phenoxy) is 1. The van der Waals surface area contributed by atoms with Crippen molar-refractivity contribution in [3.8, 4) is 18.2 Å². The summed E-state index contributed by atoms with van der Waals surface area (Å²) in [5.74, 6) is 1.39. The van der Waals surface area contributed by atoms with Crippen molar-refractivity contribution in [2.75, 3.05) is 6.61 Å². The average molecular weight is 270 g/mol. The molecule has 1 N–H and O–H groups in total. The molecule has 0 amide bonds. The van der Waals surface area contributed by atoms with Crippen molar-refractivity contribution >= 4 is 21.9 Å². The standard InChI is InChI=1S/C10H8BrNO3/c1-2-3-4-15-9-8(10(13)14)5-7(11)6-12-9/h1,5-6H,3-4H2,(H,13,14). The largest absolute Gasteiger partial charge is 0.477 e. The first kappa shape index (κ1) is 11.5. The number of halogens is 1. The molecule has 0 spiro atoms. The van der Waals surface area contributed by atoms with Gasteiger partial charge in [0.25, 0.3) is 0 Å². The fourth-order valence-electron chi connectivity index (χ4n) is 0.902. The van der Waals surface area contributed by atoms with Crippen LogP contribution >= 0.6 is 15.9 Å². The van der Waals surface area contributed by atoms with Gasteiger partial charge in [0.05, 0.1) is 0 Å². The van der Waals surface area contributed by atoms with E-state index in [9.17, 15) is 4.79 Å². The number of nitrogens with zero attached hydrogens (tertiary/aromatic N) is 1. The minimum atomic E-state index is -1.08. The van der Waals surface area contributed by atoms with Crippen LogP contribution < -0.4 is 4.74 Å². The molecule has 1 heterocycles. The molecule has 78 valence electrons. The van der Waals surface area contributed by atoms with Gasteiger partial charge >= 0.3 is 5.97 Å². The normalized spacial score (nSPS) is 9.33. The Morgan fingerprint density at radius 2 is 2.47 bits per heavy atom. The Hall–Kier alpha value is -1.54. The highest BCUT2D eigenvalue weighted by atomic mass is 79.9. The molecule has 0 fully saturated rings. The van der Waals surface area contributed by atoms with Gasteiger partial charge in [-0.1, -0.05) is 0 Å². The molecule has 0 saturated carbocycles. The third-order valence-electron chi connectivity index (χ3n) is 1.53. The maximum atomic E-state index is 10.8. The van der Waals surface area contributed by atoms with Crippen LogP contribution in [0, 0.1) is 12.3 Å². The maximum Gasteiger partial charge on any atom is 0.341 e. The van der Waals surface area contributed by atoms with Gasteiger partial charge < -0.3 is 9.84 Å². The minimum absolute atomic E-state index is 0.0152. The number of hydrogen-bond donors (Lipinski definition) is 1. The molecule has 4 nitrogen and oxygen atoms in total. The molecule has 0 aliphatic rings. The molecule has 0 atom stereocenters. The Bertz CT molecular complexity index is 412. The van der Waals surface area contributed by atoms with Crippen molar-refractivity contribution in [1.82, 2.24) is 4.98 Å². The molecule has 0 radical (unpaired) electrons. The molecule has 15 heavy (non-hydrogen) atoms. The molecule has 1 aromatic rings. The van der Waals surface area contributed by atoms with E-state index in [1.165, 1.54) is 12.3 Å². The minimum Gasteiger partial charge on any atom is -0.477 e. The van der Waals surface area contributed by atoms with Crippen LogP contribution in [0.1, 0.15) is 16.8 Å². The zero-order valence-corrected chi connectivity index (χ0v) is 9.32. The lowest BCUT2D eigenvalue weighted by molar-refractivity contribution is 0.0691. The third-order valence-corrected chi connectivity index (χ3v) is 1.97. The molecule has 0 unspecified atom stereocenters. The monoisotopic (exact) mass is 269 g/mol. The maximum absolute atomic E-state index is 10.8. The van der Waals surface area contributed by atoms with Crippen LogP contribution in [0.3, 0.4) is 0 Å². The second-order valence-electron chi connectivity index (χ2n) is 2.61. The Morgan fingerprint density at radius 1 is 1.73 bits per heavy atom. The smallest absolute Gasteiger partial charge is 0.341 e. The van der Waals surface area contributed by atoms with Gasteiger partial charge in [0, 0.05) is 17.1 Å². The van der Waals surface area contributed by atoms with Crippen LogP contribution in [-0.2, 0) is 0 Å². The average Bonchev–Trinajstić information content (AvgIpc) is 2.20. The summed E-state index contributed by atoms with van der Waals surface area (Å²) in [5.41, 5.74) is 0.0152. The summed E-state index contributed by atoms with van der Waals surface area (Å²) in [7, 11) is 0. The lowest BCUT2D eigenvalue weighted by Gasteiger charge is -2.06. The summed E-state index contributed by atoms with van der Waals surface area (Å²) in [6, 6.07) is 1.43. The second-order valence-corrected chi connectivity index (χ2v) is 3.53. The Morgan fingerprint density at radius 3 is 3.07 bits per heavy atom. The molecule has 0 aromatic carbocycles. The first-order valence-corrected chi connectivity index (χ1v) is 4.89. The van der Waals surface area contributed by atoms with E-state index in [0.717, 1.165) is 0 Å². The fourth-order valence-corrected chi connectivity index (χ4v) is 1.23. The van der Waals surface area contributed by atoms with Crippen molar-refractivity contribution in [2.24, 2.45) is 0 Å². The quantitative estimate of drug-likeness (QED) is 0.671. The molecule has 1 rings (SSSR count). The number of pyridine rings is 1. The predicted octanol–water partition coefficient (Wildman–Crippen LogP) is 1.94. The predicted molar refractivity (Wildman–Crippen MR) is 57.8 cm³/mol. The van der Waals surface area contributed by atoms with Crippen molar-refractivity contribution in [2.45, 2.75) is 6.42 Å². The number of rotatable bonds is 4.